The minimum Gasteiger partial charge on any atom is -0.311 e. The van der Waals surface area contributed by atoms with Crippen molar-refractivity contribution in [1.29, 1.82) is 0 Å². The molecule has 1 aliphatic rings. The Hall–Kier alpha value is -0.580. The zero-order valence-corrected chi connectivity index (χ0v) is 12.7. The monoisotopic (exact) mass is 301 g/mol. The Morgan fingerprint density at radius 2 is 1.84 bits per heavy atom. The van der Waals surface area contributed by atoms with Crippen LogP contribution < -0.4 is 5.32 Å². The summed E-state index contributed by atoms with van der Waals surface area (Å²) in [5, 5.41) is 4.27. The van der Waals surface area contributed by atoms with Gasteiger partial charge in [-0.05, 0) is 43.9 Å². The molecule has 0 amide bonds. The third kappa shape index (κ3) is 4.79. The van der Waals surface area contributed by atoms with Gasteiger partial charge in [-0.25, -0.2) is 8.42 Å². The smallest absolute Gasteiger partial charge is 0.150 e. The fraction of sp³-hybridized carbons (Fsp3) is 0.571. The van der Waals surface area contributed by atoms with Crippen LogP contribution in [-0.4, -0.2) is 32.0 Å². The molecule has 1 fully saturated rings. The van der Waals surface area contributed by atoms with E-state index in [1.165, 1.54) is 5.56 Å². The van der Waals surface area contributed by atoms with Crippen molar-refractivity contribution in [3.8, 4) is 0 Å². The number of hydrogen-bond donors (Lipinski definition) is 1. The summed E-state index contributed by atoms with van der Waals surface area (Å²) in [6.07, 6.45) is 2.39. The highest BCUT2D eigenvalue weighted by molar-refractivity contribution is 7.91. The molecule has 1 N–H and O–H groups in total. The average Bonchev–Trinajstić information content (AvgIpc) is 2.35. The fourth-order valence-electron chi connectivity index (χ4n) is 2.49. The first kappa shape index (κ1) is 14.8. The summed E-state index contributed by atoms with van der Waals surface area (Å²) in [5.41, 5.74) is 1.24. The van der Waals surface area contributed by atoms with E-state index in [4.69, 9.17) is 11.6 Å². The van der Waals surface area contributed by atoms with Crippen LogP contribution in [0, 0.1) is 0 Å². The molecular formula is C14H20ClNO2S. The van der Waals surface area contributed by atoms with Gasteiger partial charge >= 0.3 is 0 Å². The summed E-state index contributed by atoms with van der Waals surface area (Å²) >= 11 is 5.86. The molecule has 2 rings (SSSR count). The number of benzene rings is 1. The molecule has 1 saturated heterocycles. The summed E-state index contributed by atoms with van der Waals surface area (Å²) in [5.74, 6) is 0.636. The lowest BCUT2D eigenvalue weighted by Gasteiger charge is -2.26. The molecule has 1 unspecified atom stereocenters. The van der Waals surface area contributed by atoms with Gasteiger partial charge in [0.05, 0.1) is 11.5 Å². The Balaban J connectivity index is 1.81. The molecule has 3 nitrogen and oxygen atoms in total. The molecule has 1 heterocycles. The molecule has 0 aromatic heterocycles. The number of rotatable bonds is 4. The zero-order valence-electron chi connectivity index (χ0n) is 11.1. The van der Waals surface area contributed by atoms with Crippen LogP contribution in [0.2, 0.25) is 5.02 Å². The highest BCUT2D eigenvalue weighted by Gasteiger charge is 2.24. The Morgan fingerprint density at radius 3 is 2.42 bits per heavy atom. The first-order chi connectivity index (χ1) is 8.94. The van der Waals surface area contributed by atoms with Crippen molar-refractivity contribution in [1.82, 2.24) is 5.32 Å². The van der Waals surface area contributed by atoms with Crippen LogP contribution in [0.4, 0.5) is 0 Å². The quantitative estimate of drug-likeness (QED) is 0.929. The molecular weight excluding hydrogens is 282 g/mol. The van der Waals surface area contributed by atoms with Crippen molar-refractivity contribution >= 4 is 21.4 Å². The van der Waals surface area contributed by atoms with Gasteiger partial charge in [0.15, 0.2) is 0 Å². The molecule has 1 aromatic carbocycles. The molecule has 1 aromatic rings. The molecule has 0 saturated carbocycles. The number of hydrogen-bond acceptors (Lipinski definition) is 3. The van der Waals surface area contributed by atoms with Crippen molar-refractivity contribution in [2.75, 3.05) is 11.5 Å². The standard InChI is InChI=1S/C14H20ClNO2S/c1-11(10-12-2-4-13(15)5-3-12)16-14-6-8-19(17,18)9-7-14/h2-5,11,14,16H,6-10H2,1H3. The number of halogens is 1. The van der Waals surface area contributed by atoms with E-state index in [1.807, 2.05) is 24.3 Å². The van der Waals surface area contributed by atoms with Gasteiger partial charge in [-0.2, -0.15) is 0 Å². The Morgan fingerprint density at radius 1 is 1.26 bits per heavy atom. The summed E-state index contributed by atoms with van der Waals surface area (Å²) in [7, 11) is -2.77. The molecule has 0 radical (unpaired) electrons. The molecule has 0 spiro atoms. The van der Waals surface area contributed by atoms with Gasteiger partial charge in [-0.15, -0.1) is 0 Å². The summed E-state index contributed by atoms with van der Waals surface area (Å²) in [6.45, 7) is 2.14. The van der Waals surface area contributed by atoms with E-state index in [0.29, 0.717) is 23.6 Å². The van der Waals surface area contributed by atoms with Gasteiger partial charge in [0.25, 0.3) is 0 Å². The third-order valence-electron chi connectivity index (χ3n) is 3.53. The highest BCUT2D eigenvalue weighted by Crippen LogP contribution is 2.15. The second kappa shape index (κ2) is 6.25. The topological polar surface area (TPSA) is 46.2 Å². The maximum atomic E-state index is 11.4. The minimum absolute atomic E-state index is 0.318. The molecule has 0 aliphatic carbocycles. The summed E-state index contributed by atoms with van der Waals surface area (Å²) in [4.78, 5) is 0. The van der Waals surface area contributed by atoms with Gasteiger partial charge in [0.1, 0.15) is 9.84 Å². The molecule has 5 heteroatoms. The summed E-state index contributed by atoms with van der Waals surface area (Å²) < 4.78 is 22.7. The lowest BCUT2D eigenvalue weighted by atomic mass is 10.0. The molecule has 106 valence electrons. The van der Waals surface area contributed by atoms with Crippen LogP contribution >= 0.6 is 11.6 Å². The van der Waals surface area contributed by atoms with E-state index < -0.39 is 9.84 Å². The van der Waals surface area contributed by atoms with Crippen molar-refractivity contribution in [2.45, 2.75) is 38.3 Å². The van der Waals surface area contributed by atoms with E-state index in [0.717, 1.165) is 24.3 Å². The van der Waals surface area contributed by atoms with E-state index in [2.05, 4.69) is 12.2 Å². The van der Waals surface area contributed by atoms with E-state index in [1.54, 1.807) is 0 Å². The average molecular weight is 302 g/mol. The lowest BCUT2D eigenvalue weighted by Crippen LogP contribution is -2.42. The Bertz CT molecular complexity index is 499. The predicted molar refractivity (Wildman–Crippen MR) is 79.4 cm³/mol. The SMILES string of the molecule is CC(Cc1ccc(Cl)cc1)NC1CCS(=O)(=O)CC1. The van der Waals surface area contributed by atoms with Crippen LogP contribution in [-0.2, 0) is 16.3 Å². The van der Waals surface area contributed by atoms with E-state index in [9.17, 15) is 8.42 Å². The van der Waals surface area contributed by atoms with Gasteiger partial charge in [-0.3, -0.25) is 0 Å². The third-order valence-corrected chi connectivity index (χ3v) is 5.50. The van der Waals surface area contributed by atoms with Crippen molar-refractivity contribution in [3.63, 3.8) is 0 Å². The first-order valence-electron chi connectivity index (χ1n) is 6.65. The minimum atomic E-state index is -2.77. The van der Waals surface area contributed by atoms with E-state index >= 15 is 0 Å². The van der Waals surface area contributed by atoms with Crippen molar-refractivity contribution in [2.24, 2.45) is 0 Å². The molecule has 1 atom stereocenters. The van der Waals surface area contributed by atoms with Crippen LogP contribution in [0.3, 0.4) is 0 Å². The van der Waals surface area contributed by atoms with Crippen LogP contribution in [0.5, 0.6) is 0 Å². The van der Waals surface area contributed by atoms with Crippen LogP contribution in [0.25, 0.3) is 0 Å². The van der Waals surface area contributed by atoms with Crippen molar-refractivity contribution < 1.29 is 8.42 Å². The largest absolute Gasteiger partial charge is 0.311 e. The lowest BCUT2D eigenvalue weighted by molar-refractivity contribution is 0.411. The second-order valence-electron chi connectivity index (χ2n) is 5.32. The predicted octanol–water partition coefficient (Wildman–Crippen LogP) is 2.44. The fourth-order valence-corrected chi connectivity index (χ4v) is 4.11. The van der Waals surface area contributed by atoms with Crippen molar-refractivity contribution in [3.05, 3.63) is 34.9 Å². The zero-order chi connectivity index (χ0) is 13.9. The first-order valence-corrected chi connectivity index (χ1v) is 8.85. The maximum absolute atomic E-state index is 11.4. The Labute approximate surface area is 120 Å². The molecule has 0 bridgehead atoms. The van der Waals surface area contributed by atoms with Crippen LogP contribution in [0.15, 0.2) is 24.3 Å². The van der Waals surface area contributed by atoms with Gasteiger partial charge in [0.2, 0.25) is 0 Å². The van der Waals surface area contributed by atoms with Gasteiger partial charge in [-0.1, -0.05) is 23.7 Å². The number of sulfone groups is 1. The molecule has 1 aliphatic heterocycles. The maximum Gasteiger partial charge on any atom is 0.150 e. The Kier molecular flexibility index (Phi) is 4.87. The second-order valence-corrected chi connectivity index (χ2v) is 8.06. The van der Waals surface area contributed by atoms with Gasteiger partial charge < -0.3 is 5.32 Å². The summed E-state index contributed by atoms with van der Waals surface area (Å²) in [6, 6.07) is 8.53. The van der Waals surface area contributed by atoms with Crippen LogP contribution in [0.1, 0.15) is 25.3 Å². The number of nitrogens with one attached hydrogen (secondary N) is 1. The van der Waals surface area contributed by atoms with E-state index in [-0.39, 0.29) is 0 Å². The highest BCUT2D eigenvalue weighted by atomic mass is 35.5. The normalized spacial score (nSPS) is 21.2. The molecule has 19 heavy (non-hydrogen) atoms. The van der Waals surface area contributed by atoms with Gasteiger partial charge in [0, 0.05) is 17.1 Å².